The van der Waals surface area contributed by atoms with E-state index in [1.807, 2.05) is 0 Å². The number of rotatable bonds is 7. The lowest BCUT2D eigenvalue weighted by atomic mass is 9.97. The summed E-state index contributed by atoms with van der Waals surface area (Å²) in [5, 5.41) is 6.09. The summed E-state index contributed by atoms with van der Waals surface area (Å²) in [5.41, 5.74) is 1.88. The van der Waals surface area contributed by atoms with Crippen molar-refractivity contribution in [3.63, 3.8) is 0 Å². The number of amides is 1. The maximum absolute atomic E-state index is 12.1. The quantitative estimate of drug-likeness (QED) is 0.757. The molecule has 1 aliphatic carbocycles. The van der Waals surface area contributed by atoms with Gasteiger partial charge < -0.3 is 10.6 Å². The van der Waals surface area contributed by atoms with Crippen molar-refractivity contribution >= 4 is 11.7 Å². The molecule has 0 saturated heterocycles. The molecule has 0 aromatic carbocycles. The molecule has 5 heteroatoms. The molecule has 114 valence electrons. The van der Waals surface area contributed by atoms with E-state index in [4.69, 9.17) is 0 Å². The smallest absolute Gasteiger partial charge is 0.270 e. The van der Waals surface area contributed by atoms with Crippen LogP contribution in [0.4, 0.5) is 5.82 Å². The van der Waals surface area contributed by atoms with Gasteiger partial charge in [0.05, 0.1) is 0 Å². The lowest BCUT2D eigenvalue weighted by Gasteiger charge is -2.13. The highest BCUT2D eigenvalue weighted by Gasteiger charge is 2.09. The average Bonchev–Trinajstić information content (AvgIpc) is 2.54. The Bertz CT molecular complexity index is 499. The summed E-state index contributed by atoms with van der Waals surface area (Å²) < 4.78 is 0. The van der Waals surface area contributed by atoms with E-state index < -0.39 is 0 Å². The molecule has 1 amide bonds. The first-order valence-corrected chi connectivity index (χ1v) is 7.81. The van der Waals surface area contributed by atoms with Gasteiger partial charge in [0.1, 0.15) is 17.8 Å². The summed E-state index contributed by atoms with van der Waals surface area (Å²) in [6.07, 6.45) is 10.6. The molecule has 5 nitrogen and oxygen atoms in total. The van der Waals surface area contributed by atoms with E-state index in [1.165, 1.54) is 37.6 Å². The maximum atomic E-state index is 12.1. The molecule has 0 unspecified atom stereocenters. The molecule has 2 rings (SSSR count). The number of nitrogens with one attached hydrogen (secondary N) is 2. The predicted molar refractivity (Wildman–Crippen MR) is 84.3 cm³/mol. The second kappa shape index (κ2) is 8.39. The Morgan fingerprint density at radius 2 is 2.19 bits per heavy atom. The molecule has 1 aromatic heterocycles. The predicted octanol–water partition coefficient (Wildman–Crippen LogP) is 2.92. The lowest BCUT2D eigenvalue weighted by molar-refractivity contribution is 0.0949. The van der Waals surface area contributed by atoms with Crippen LogP contribution in [0.5, 0.6) is 0 Å². The van der Waals surface area contributed by atoms with E-state index in [2.05, 4.69) is 33.6 Å². The molecule has 1 aromatic rings. The number of hydrogen-bond donors (Lipinski definition) is 2. The molecule has 0 spiro atoms. The SMILES string of the molecule is CCCNc1cc(C(=O)NCCC2=CCCCC2)ncn1. The fourth-order valence-electron chi connectivity index (χ4n) is 2.39. The monoisotopic (exact) mass is 288 g/mol. The van der Waals surface area contributed by atoms with E-state index in [9.17, 15) is 4.79 Å². The van der Waals surface area contributed by atoms with E-state index in [1.54, 1.807) is 6.07 Å². The number of nitrogens with zero attached hydrogens (tertiary/aromatic N) is 2. The van der Waals surface area contributed by atoms with Crippen LogP contribution in [0.3, 0.4) is 0 Å². The van der Waals surface area contributed by atoms with Crippen LogP contribution in [-0.4, -0.2) is 29.0 Å². The van der Waals surface area contributed by atoms with Crippen molar-refractivity contribution in [3.05, 3.63) is 29.7 Å². The van der Waals surface area contributed by atoms with Crippen molar-refractivity contribution in [2.45, 2.75) is 45.4 Å². The van der Waals surface area contributed by atoms with Crippen LogP contribution >= 0.6 is 0 Å². The Kier molecular flexibility index (Phi) is 6.19. The Balaban J connectivity index is 1.80. The first kappa shape index (κ1) is 15.5. The molecule has 0 aliphatic heterocycles. The fourth-order valence-corrected chi connectivity index (χ4v) is 2.39. The van der Waals surface area contributed by atoms with Crippen LogP contribution in [0.15, 0.2) is 24.0 Å². The minimum Gasteiger partial charge on any atom is -0.370 e. The number of hydrogen-bond acceptors (Lipinski definition) is 4. The van der Waals surface area contributed by atoms with Crippen molar-refractivity contribution in [3.8, 4) is 0 Å². The van der Waals surface area contributed by atoms with Crippen LogP contribution in [0.1, 0.15) is 55.9 Å². The largest absolute Gasteiger partial charge is 0.370 e. The maximum Gasteiger partial charge on any atom is 0.270 e. The Morgan fingerprint density at radius 1 is 1.29 bits per heavy atom. The molecule has 0 radical (unpaired) electrons. The van der Waals surface area contributed by atoms with Gasteiger partial charge in [0.2, 0.25) is 0 Å². The minimum atomic E-state index is -0.131. The fraction of sp³-hybridized carbons (Fsp3) is 0.562. The van der Waals surface area contributed by atoms with E-state index in [-0.39, 0.29) is 5.91 Å². The van der Waals surface area contributed by atoms with E-state index >= 15 is 0 Å². The molecular weight excluding hydrogens is 264 g/mol. The molecule has 0 atom stereocenters. The Labute approximate surface area is 126 Å². The van der Waals surface area contributed by atoms with E-state index in [0.29, 0.717) is 18.1 Å². The summed E-state index contributed by atoms with van der Waals surface area (Å²) in [7, 11) is 0. The van der Waals surface area contributed by atoms with Gasteiger partial charge in [-0.3, -0.25) is 4.79 Å². The number of aromatic nitrogens is 2. The summed E-state index contributed by atoms with van der Waals surface area (Å²) in [6.45, 7) is 3.60. The van der Waals surface area contributed by atoms with Gasteiger partial charge in [-0.15, -0.1) is 0 Å². The normalized spacial score (nSPS) is 14.4. The number of allylic oxidation sites excluding steroid dienone is 1. The van der Waals surface area contributed by atoms with Crippen molar-refractivity contribution in [2.75, 3.05) is 18.4 Å². The van der Waals surface area contributed by atoms with Crippen LogP contribution < -0.4 is 10.6 Å². The molecule has 0 bridgehead atoms. The molecule has 2 N–H and O–H groups in total. The van der Waals surface area contributed by atoms with Crippen LogP contribution in [0, 0.1) is 0 Å². The molecular formula is C16H24N4O. The summed E-state index contributed by atoms with van der Waals surface area (Å²) in [5.74, 6) is 0.570. The third-order valence-electron chi connectivity index (χ3n) is 3.57. The number of anilines is 1. The van der Waals surface area contributed by atoms with Crippen molar-refractivity contribution in [2.24, 2.45) is 0 Å². The summed E-state index contributed by atoms with van der Waals surface area (Å²) in [4.78, 5) is 20.2. The zero-order chi connectivity index (χ0) is 14.9. The average molecular weight is 288 g/mol. The van der Waals surface area contributed by atoms with Crippen molar-refractivity contribution < 1.29 is 4.79 Å². The lowest BCUT2D eigenvalue weighted by Crippen LogP contribution is -2.26. The Morgan fingerprint density at radius 3 is 2.95 bits per heavy atom. The highest BCUT2D eigenvalue weighted by molar-refractivity contribution is 5.92. The molecule has 0 fully saturated rings. The first-order valence-electron chi connectivity index (χ1n) is 7.81. The number of carbonyl (C=O) groups is 1. The topological polar surface area (TPSA) is 66.9 Å². The third-order valence-corrected chi connectivity index (χ3v) is 3.57. The van der Waals surface area contributed by atoms with Gasteiger partial charge in [0, 0.05) is 19.2 Å². The van der Waals surface area contributed by atoms with Crippen molar-refractivity contribution in [1.82, 2.24) is 15.3 Å². The zero-order valence-corrected chi connectivity index (χ0v) is 12.7. The van der Waals surface area contributed by atoms with Gasteiger partial charge in [-0.25, -0.2) is 9.97 Å². The molecule has 0 saturated carbocycles. The van der Waals surface area contributed by atoms with E-state index in [0.717, 1.165) is 19.4 Å². The summed E-state index contributed by atoms with van der Waals surface area (Å²) in [6, 6.07) is 1.70. The first-order chi connectivity index (χ1) is 10.3. The highest BCUT2D eigenvalue weighted by atomic mass is 16.1. The van der Waals surface area contributed by atoms with Crippen LogP contribution in [-0.2, 0) is 0 Å². The van der Waals surface area contributed by atoms with Gasteiger partial charge in [0.25, 0.3) is 5.91 Å². The van der Waals surface area contributed by atoms with Gasteiger partial charge in [0.15, 0.2) is 0 Å². The zero-order valence-electron chi connectivity index (χ0n) is 12.7. The highest BCUT2D eigenvalue weighted by Crippen LogP contribution is 2.19. The van der Waals surface area contributed by atoms with Gasteiger partial charge in [-0.2, -0.15) is 0 Å². The van der Waals surface area contributed by atoms with Gasteiger partial charge in [-0.05, 0) is 38.5 Å². The summed E-state index contributed by atoms with van der Waals surface area (Å²) >= 11 is 0. The molecule has 1 aliphatic rings. The second-order valence-electron chi connectivity index (χ2n) is 5.33. The van der Waals surface area contributed by atoms with Crippen LogP contribution in [0.2, 0.25) is 0 Å². The minimum absolute atomic E-state index is 0.131. The van der Waals surface area contributed by atoms with Crippen LogP contribution in [0.25, 0.3) is 0 Å². The molecule has 1 heterocycles. The standard InChI is InChI=1S/C16H24N4O/c1-2-9-17-15-11-14(19-12-20-15)16(21)18-10-8-13-6-4-3-5-7-13/h6,11-12H,2-5,7-10H2,1H3,(H,18,21)(H,17,19,20). The second-order valence-corrected chi connectivity index (χ2v) is 5.33. The Hall–Kier alpha value is -1.91. The third kappa shape index (κ3) is 5.17. The van der Waals surface area contributed by atoms with Gasteiger partial charge >= 0.3 is 0 Å². The molecule has 21 heavy (non-hydrogen) atoms. The number of carbonyl (C=O) groups excluding carboxylic acids is 1. The van der Waals surface area contributed by atoms with Gasteiger partial charge in [-0.1, -0.05) is 18.6 Å². The van der Waals surface area contributed by atoms with Crippen molar-refractivity contribution in [1.29, 1.82) is 0 Å².